The van der Waals surface area contributed by atoms with Crippen LogP contribution in [-0.2, 0) is 12.8 Å². The number of hydrogen-bond acceptors (Lipinski definition) is 3. The van der Waals surface area contributed by atoms with Crippen LogP contribution in [-0.4, -0.2) is 25.5 Å². The van der Waals surface area contributed by atoms with Crippen molar-refractivity contribution < 1.29 is 9.18 Å². The van der Waals surface area contributed by atoms with Crippen molar-refractivity contribution >= 4 is 11.7 Å². The Labute approximate surface area is 166 Å². The Hall–Kier alpha value is -3.74. The number of amides is 1. The molecule has 144 valence electrons. The summed E-state index contributed by atoms with van der Waals surface area (Å²) >= 11 is 0. The lowest BCUT2D eigenvalue weighted by Gasteiger charge is -2.10. The molecule has 29 heavy (non-hydrogen) atoms. The molecule has 4 aromatic rings. The van der Waals surface area contributed by atoms with Gasteiger partial charge < -0.3 is 5.32 Å². The summed E-state index contributed by atoms with van der Waals surface area (Å²) < 4.78 is 17.1. The third-order valence-corrected chi connectivity index (χ3v) is 5.06. The van der Waals surface area contributed by atoms with Crippen LogP contribution in [0.1, 0.15) is 28.2 Å². The summed E-state index contributed by atoms with van der Waals surface area (Å²) in [5.74, 6) is -0.0801. The zero-order valence-corrected chi connectivity index (χ0v) is 15.5. The molecule has 0 atom stereocenters. The van der Waals surface area contributed by atoms with E-state index in [1.807, 2.05) is 30.3 Å². The van der Waals surface area contributed by atoms with E-state index in [1.165, 1.54) is 10.7 Å². The summed E-state index contributed by atoms with van der Waals surface area (Å²) in [7, 11) is 0. The van der Waals surface area contributed by atoms with E-state index in [-0.39, 0.29) is 11.6 Å². The predicted octanol–water partition coefficient (Wildman–Crippen LogP) is 3.94. The Morgan fingerprint density at radius 2 is 1.76 bits per heavy atom. The maximum Gasteiger partial charge on any atom is 0.277 e. The molecule has 0 radical (unpaired) electrons. The van der Waals surface area contributed by atoms with Gasteiger partial charge >= 0.3 is 0 Å². The highest BCUT2D eigenvalue weighted by Gasteiger charge is 2.25. The van der Waals surface area contributed by atoms with E-state index < -0.39 is 5.82 Å². The number of carbonyl (C=O) groups excluding carboxylic acids is 1. The van der Waals surface area contributed by atoms with Gasteiger partial charge in [0.2, 0.25) is 0 Å². The number of halogens is 1. The number of benzene rings is 2. The highest BCUT2D eigenvalue weighted by Crippen LogP contribution is 2.31. The Kier molecular flexibility index (Phi) is 4.20. The maximum atomic E-state index is 14.0. The first-order chi connectivity index (χ1) is 14.2. The number of nitrogens with one attached hydrogen (secondary N) is 1. The van der Waals surface area contributed by atoms with Crippen LogP contribution >= 0.6 is 0 Å². The number of anilines is 1. The normalized spacial score (nSPS) is 12.7. The van der Waals surface area contributed by atoms with Crippen molar-refractivity contribution in [2.45, 2.75) is 19.3 Å². The number of aromatic nitrogens is 4. The highest BCUT2D eigenvalue weighted by atomic mass is 19.1. The van der Waals surface area contributed by atoms with E-state index in [0.717, 1.165) is 36.2 Å². The second-order valence-electron chi connectivity index (χ2n) is 6.93. The number of fused-ring (bicyclic) bond motifs is 1. The average molecular weight is 387 g/mol. The third kappa shape index (κ3) is 3.10. The van der Waals surface area contributed by atoms with E-state index in [1.54, 1.807) is 35.1 Å². The van der Waals surface area contributed by atoms with Gasteiger partial charge in [0.15, 0.2) is 5.69 Å². The molecule has 1 aliphatic carbocycles. The first-order valence-electron chi connectivity index (χ1n) is 9.49. The van der Waals surface area contributed by atoms with Gasteiger partial charge in [-0.2, -0.15) is 10.2 Å². The molecule has 0 fully saturated rings. The molecule has 5 rings (SSSR count). The van der Waals surface area contributed by atoms with E-state index in [2.05, 4.69) is 10.4 Å². The Bertz CT molecular complexity index is 1200. The molecule has 0 bridgehead atoms. The number of carbonyl (C=O) groups is 1. The number of rotatable bonds is 4. The van der Waals surface area contributed by atoms with Gasteiger partial charge in [-0.15, -0.1) is 0 Å². The van der Waals surface area contributed by atoms with Gasteiger partial charge in [0, 0.05) is 11.8 Å². The first-order valence-corrected chi connectivity index (χ1v) is 9.49. The lowest BCUT2D eigenvalue weighted by Crippen LogP contribution is -2.17. The summed E-state index contributed by atoms with van der Waals surface area (Å²) in [6.45, 7) is 0. The standard InChI is InChI=1S/C22H18FN5O/c23-17-10-4-5-12-20(17)27-14-13-19(25-27)22(29)24-21-16-9-6-11-18(16)26-28(21)15-7-2-1-3-8-15/h1-5,7-8,10,12-14H,6,9,11H2,(H,24,29). The maximum absolute atomic E-state index is 14.0. The number of nitrogens with zero attached hydrogens (tertiary/aromatic N) is 4. The van der Waals surface area contributed by atoms with Gasteiger partial charge in [-0.3, -0.25) is 4.79 Å². The molecule has 2 aromatic carbocycles. The van der Waals surface area contributed by atoms with Crippen LogP contribution in [0.15, 0.2) is 66.9 Å². The molecule has 0 aliphatic heterocycles. The van der Waals surface area contributed by atoms with Crippen molar-refractivity contribution in [3.8, 4) is 11.4 Å². The fourth-order valence-electron chi connectivity index (χ4n) is 3.66. The van der Waals surface area contributed by atoms with Gasteiger partial charge in [-0.05, 0) is 49.6 Å². The zero-order valence-electron chi connectivity index (χ0n) is 15.5. The molecule has 7 heteroatoms. The molecule has 2 aromatic heterocycles. The molecule has 0 saturated carbocycles. The largest absolute Gasteiger partial charge is 0.305 e. The van der Waals surface area contributed by atoms with Gasteiger partial charge in [0.05, 0.1) is 11.4 Å². The summed E-state index contributed by atoms with van der Waals surface area (Å²) in [5, 5.41) is 11.9. The van der Waals surface area contributed by atoms with Crippen LogP contribution in [0.5, 0.6) is 0 Å². The fraction of sp³-hybridized carbons (Fsp3) is 0.136. The van der Waals surface area contributed by atoms with Crippen LogP contribution in [0, 0.1) is 5.82 Å². The van der Waals surface area contributed by atoms with E-state index in [4.69, 9.17) is 5.10 Å². The van der Waals surface area contributed by atoms with Crippen LogP contribution in [0.3, 0.4) is 0 Å². The fourth-order valence-corrected chi connectivity index (χ4v) is 3.66. The van der Waals surface area contributed by atoms with Crippen LogP contribution in [0.25, 0.3) is 11.4 Å². The highest BCUT2D eigenvalue weighted by molar-refractivity contribution is 6.03. The average Bonchev–Trinajstić information content (AvgIpc) is 3.46. The molecule has 1 N–H and O–H groups in total. The molecule has 6 nitrogen and oxygen atoms in total. The van der Waals surface area contributed by atoms with E-state index >= 15 is 0 Å². The summed E-state index contributed by atoms with van der Waals surface area (Å²) in [5.41, 5.74) is 3.47. The molecular formula is C22H18FN5O. The lowest BCUT2D eigenvalue weighted by molar-refractivity contribution is 0.102. The number of aryl methyl sites for hydroxylation is 1. The topological polar surface area (TPSA) is 64.7 Å². The lowest BCUT2D eigenvalue weighted by atomic mass is 10.2. The smallest absolute Gasteiger partial charge is 0.277 e. The first kappa shape index (κ1) is 17.4. The van der Waals surface area contributed by atoms with Gasteiger partial charge in [-0.1, -0.05) is 30.3 Å². The van der Waals surface area contributed by atoms with Crippen molar-refractivity contribution in [3.63, 3.8) is 0 Å². The SMILES string of the molecule is O=C(Nc1c2c(nn1-c1ccccc1)CCC2)c1ccn(-c2ccccc2F)n1. The third-order valence-electron chi connectivity index (χ3n) is 5.06. The second-order valence-corrected chi connectivity index (χ2v) is 6.93. The van der Waals surface area contributed by atoms with Crippen molar-refractivity contribution in [1.29, 1.82) is 0 Å². The summed E-state index contributed by atoms with van der Waals surface area (Å²) in [4.78, 5) is 12.9. The Morgan fingerprint density at radius 3 is 2.59 bits per heavy atom. The summed E-state index contributed by atoms with van der Waals surface area (Å²) in [6.07, 6.45) is 4.38. The Balaban J connectivity index is 1.47. The minimum atomic E-state index is -0.400. The van der Waals surface area contributed by atoms with Crippen molar-refractivity contribution in [2.75, 3.05) is 5.32 Å². The summed E-state index contributed by atoms with van der Waals surface area (Å²) in [6, 6.07) is 17.6. The van der Waals surface area contributed by atoms with Crippen molar-refractivity contribution in [2.24, 2.45) is 0 Å². The van der Waals surface area contributed by atoms with E-state index in [9.17, 15) is 9.18 Å². The minimum absolute atomic E-state index is 0.209. The molecular weight excluding hydrogens is 369 g/mol. The van der Waals surface area contributed by atoms with Gasteiger partial charge in [-0.25, -0.2) is 13.8 Å². The quantitative estimate of drug-likeness (QED) is 0.577. The number of hydrogen-bond donors (Lipinski definition) is 1. The second kappa shape index (κ2) is 7.01. The molecule has 2 heterocycles. The minimum Gasteiger partial charge on any atom is -0.305 e. The number of para-hydroxylation sites is 2. The van der Waals surface area contributed by atoms with E-state index in [0.29, 0.717) is 11.5 Å². The Morgan fingerprint density at radius 1 is 0.966 bits per heavy atom. The zero-order chi connectivity index (χ0) is 19.8. The van der Waals surface area contributed by atoms with Crippen LogP contribution in [0.2, 0.25) is 0 Å². The molecule has 0 saturated heterocycles. The molecule has 0 spiro atoms. The van der Waals surface area contributed by atoms with Gasteiger partial charge in [0.1, 0.15) is 17.3 Å². The molecule has 1 aliphatic rings. The van der Waals surface area contributed by atoms with Crippen molar-refractivity contribution in [3.05, 3.63) is 89.6 Å². The molecule has 1 amide bonds. The monoisotopic (exact) mass is 387 g/mol. The van der Waals surface area contributed by atoms with Crippen LogP contribution < -0.4 is 5.32 Å². The van der Waals surface area contributed by atoms with Gasteiger partial charge in [0.25, 0.3) is 5.91 Å². The van der Waals surface area contributed by atoms with Crippen molar-refractivity contribution in [1.82, 2.24) is 19.6 Å². The predicted molar refractivity (Wildman–Crippen MR) is 107 cm³/mol. The van der Waals surface area contributed by atoms with Crippen LogP contribution in [0.4, 0.5) is 10.2 Å². The molecule has 0 unspecified atom stereocenters.